The van der Waals surface area contributed by atoms with Gasteiger partial charge in [0.1, 0.15) is 17.6 Å². The lowest BCUT2D eigenvalue weighted by molar-refractivity contribution is -0.151. The average Bonchev–Trinajstić information content (AvgIpc) is 3.61. The highest BCUT2D eigenvalue weighted by Gasteiger charge is 2.39. The van der Waals surface area contributed by atoms with Gasteiger partial charge in [-0.2, -0.15) is 0 Å². The molecule has 1 atom stereocenters. The lowest BCUT2D eigenvalue weighted by Gasteiger charge is -2.31. The first kappa shape index (κ1) is 21.1. The SMILES string of the molecule is COc1ccc(CN2C(=O)CCC(n3c(=O)n(C4CC4)c4cc(C=O)c(F)cc43)C2=O)cc1. The third-order valence-electron chi connectivity index (χ3n) is 6.36. The van der Waals surface area contributed by atoms with Gasteiger partial charge in [-0.1, -0.05) is 12.1 Å². The molecule has 2 aliphatic rings. The quantitative estimate of drug-likeness (QED) is 0.425. The molecule has 0 spiro atoms. The van der Waals surface area contributed by atoms with Crippen molar-refractivity contribution < 1.29 is 23.5 Å². The Morgan fingerprint density at radius 1 is 1.03 bits per heavy atom. The highest BCUT2D eigenvalue weighted by Crippen LogP contribution is 2.38. The molecular formula is C24H22FN3O5. The van der Waals surface area contributed by atoms with Gasteiger partial charge in [0.05, 0.1) is 30.3 Å². The van der Waals surface area contributed by atoms with E-state index in [2.05, 4.69) is 0 Å². The summed E-state index contributed by atoms with van der Waals surface area (Å²) in [5.74, 6) is -0.919. The molecule has 1 aromatic heterocycles. The summed E-state index contributed by atoms with van der Waals surface area (Å²) in [6.45, 7) is 0.0673. The number of ether oxygens (including phenoxy) is 1. The molecule has 1 saturated carbocycles. The Bertz CT molecular complexity index is 1340. The standard InChI is InChI=1S/C24H22FN3O5/c1-33-17-6-2-14(3-7-17)12-26-22(30)9-8-19(23(26)31)28-21-11-18(25)15(13-29)10-20(21)27(24(28)32)16-4-5-16/h2-3,6-7,10-11,13,16,19H,4-5,8-9,12H2,1H3. The second-order valence-corrected chi connectivity index (χ2v) is 8.45. The topological polar surface area (TPSA) is 90.6 Å². The van der Waals surface area contributed by atoms with Crippen LogP contribution in [-0.4, -0.2) is 39.2 Å². The number of rotatable bonds is 6. The van der Waals surface area contributed by atoms with Crippen LogP contribution in [0.3, 0.4) is 0 Å². The van der Waals surface area contributed by atoms with Gasteiger partial charge in [0, 0.05) is 18.5 Å². The molecule has 3 aromatic rings. The van der Waals surface area contributed by atoms with Crippen LogP contribution in [-0.2, 0) is 16.1 Å². The number of fused-ring (bicyclic) bond motifs is 1. The number of imide groups is 1. The van der Waals surface area contributed by atoms with Crippen LogP contribution in [0.25, 0.3) is 11.0 Å². The number of imidazole rings is 1. The number of aromatic nitrogens is 2. The van der Waals surface area contributed by atoms with Crippen LogP contribution in [0.2, 0.25) is 0 Å². The fraction of sp³-hybridized carbons (Fsp3) is 0.333. The molecule has 2 heterocycles. The van der Waals surface area contributed by atoms with Gasteiger partial charge in [0.2, 0.25) is 5.91 Å². The molecule has 0 bridgehead atoms. The van der Waals surface area contributed by atoms with Crippen molar-refractivity contribution in [3.63, 3.8) is 0 Å². The number of likely N-dealkylation sites (tertiary alicyclic amines) is 1. The summed E-state index contributed by atoms with van der Waals surface area (Å²) in [5, 5.41) is 0. The number of carbonyl (C=O) groups is 3. The van der Waals surface area contributed by atoms with Gasteiger partial charge >= 0.3 is 5.69 Å². The summed E-state index contributed by atoms with van der Waals surface area (Å²) in [6.07, 6.45) is 2.25. The molecule has 2 aromatic carbocycles. The normalized spacial score (nSPS) is 18.7. The lowest BCUT2D eigenvalue weighted by atomic mass is 10.0. The minimum Gasteiger partial charge on any atom is -0.497 e. The van der Waals surface area contributed by atoms with Crippen LogP contribution in [0.1, 0.15) is 53.7 Å². The number of piperidine rings is 1. The fourth-order valence-corrected chi connectivity index (χ4v) is 4.49. The van der Waals surface area contributed by atoms with E-state index in [4.69, 9.17) is 4.74 Å². The van der Waals surface area contributed by atoms with E-state index >= 15 is 0 Å². The lowest BCUT2D eigenvalue weighted by Crippen LogP contribution is -2.47. The number of amides is 2. The third-order valence-corrected chi connectivity index (χ3v) is 6.36. The van der Waals surface area contributed by atoms with Crippen LogP contribution in [0.5, 0.6) is 5.75 Å². The number of methoxy groups -OCH3 is 1. The van der Waals surface area contributed by atoms with Crippen LogP contribution in [0.15, 0.2) is 41.2 Å². The molecule has 2 amide bonds. The first-order chi connectivity index (χ1) is 15.9. The Morgan fingerprint density at radius 3 is 2.36 bits per heavy atom. The van der Waals surface area contributed by atoms with Gasteiger partial charge in [-0.3, -0.25) is 28.4 Å². The van der Waals surface area contributed by atoms with E-state index in [-0.39, 0.29) is 42.4 Å². The molecule has 8 nitrogen and oxygen atoms in total. The molecule has 2 fully saturated rings. The maximum atomic E-state index is 14.5. The average molecular weight is 451 g/mol. The summed E-state index contributed by atoms with van der Waals surface area (Å²) in [6, 6.07) is 8.55. The number of halogens is 1. The molecule has 0 radical (unpaired) electrons. The van der Waals surface area contributed by atoms with Crippen molar-refractivity contribution >= 4 is 29.1 Å². The zero-order valence-corrected chi connectivity index (χ0v) is 18.0. The fourth-order valence-electron chi connectivity index (χ4n) is 4.49. The van der Waals surface area contributed by atoms with Gasteiger partial charge in [-0.15, -0.1) is 0 Å². The first-order valence-electron chi connectivity index (χ1n) is 10.8. The van der Waals surface area contributed by atoms with Crippen molar-refractivity contribution in [2.45, 2.75) is 44.3 Å². The van der Waals surface area contributed by atoms with Crippen LogP contribution < -0.4 is 10.4 Å². The summed E-state index contributed by atoms with van der Waals surface area (Å²) in [7, 11) is 1.55. The molecule has 170 valence electrons. The predicted molar refractivity (Wildman–Crippen MR) is 117 cm³/mol. The smallest absolute Gasteiger partial charge is 0.330 e. The molecular weight excluding hydrogens is 429 g/mol. The Kier molecular flexibility index (Phi) is 5.11. The Hall–Kier alpha value is -3.75. The van der Waals surface area contributed by atoms with Gasteiger partial charge in [-0.05, 0) is 43.0 Å². The molecule has 1 saturated heterocycles. The van der Waals surface area contributed by atoms with Crippen molar-refractivity contribution in [3.8, 4) is 5.75 Å². The van der Waals surface area contributed by atoms with Crippen molar-refractivity contribution in [2.75, 3.05) is 7.11 Å². The van der Waals surface area contributed by atoms with Crippen LogP contribution in [0, 0.1) is 5.82 Å². The Balaban J connectivity index is 1.56. The first-order valence-corrected chi connectivity index (χ1v) is 10.8. The van der Waals surface area contributed by atoms with Crippen molar-refractivity contribution in [3.05, 3.63) is 63.8 Å². The van der Waals surface area contributed by atoms with Crippen molar-refractivity contribution in [1.82, 2.24) is 14.0 Å². The number of benzene rings is 2. The monoisotopic (exact) mass is 451 g/mol. The number of nitrogens with zero attached hydrogens (tertiary/aromatic N) is 3. The highest BCUT2D eigenvalue weighted by atomic mass is 19.1. The van der Waals surface area contributed by atoms with E-state index in [0.29, 0.717) is 17.6 Å². The van der Waals surface area contributed by atoms with Gasteiger partial charge < -0.3 is 4.74 Å². The second-order valence-electron chi connectivity index (χ2n) is 8.45. The summed E-state index contributed by atoms with van der Waals surface area (Å²) < 4.78 is 22.5. The molecule has 33 heavy (non-hydrogen) atoms. The molecule has 1 aliphatic carbocycles. The van der Waals surface area contributed by atoms with E-state index in [1.807, 2.05) is 0 Å². The van der Waals surface area contributed by atoms with Gasteiger partial charge in [-0.25, -0.2) is 9.18 Å². The maximum Gasteiger partial charge on any atom is 0.330 e. The summed E-state index contributed by atoms with van der Waals surface area (Å²) in [5.41, 5.74) is 0.865. The van der Waals surface area contributed by atoms with Crippen molar-refractivity contribution in [2.24, 2.45) is 0 Å². The van der Waals surface area contributed by atoms with Crippen molar-refractivity contribution in [1.29, 1.82) is 0 Å². The van der Waals surface area contributed by atoms with Crippen LogP contribution in [0.4, 0.5) is 4.39 Å². The van der Waals surface area contributed by atoms with Gasteiger partial charge in [0.25, 0.3) is 5.91 Å². The largest absolute Gasteiger partial charge is 0.497 e. The molecule has 9 heteroatoms. The second kappa shape index (κ2) is 7.99. The van der Waals surface area contributed by atoms with E-state index in [9.17, 15) is 23.6 Å². The number of hydrogen-bond acceptors (Lipinski definition) is 5. The maximum absolute atomic E-state index is 14.5. The van der Waals surface area contributed by atoms with Crippen LogP contribution >= 0.6 is 0 Å². The molecule has 0 N–H and O–H groups in total. The van der Waals surface area contributed by atoms with E-state index < -0.39 is 23.5 Å². The van der Waals surface area contributed by atoms with E-state index in [0.717, 1.165) is 29.4 Å². The van der Waals surface area contributed by atoms with Gasteiger partial charge in [0.15, 0.2) is 6.29 Å². The third kappa shape index (κ3) is 3.53. The molecule has 5 rings (SSSR count). The number of aldehydes is 1. The van der Waals surface area contributed by atoms with E-state index in [1.165, 1.54) is 10.6 Å². The number of hydrogen-bond donors (Lipinski definition) is 0. The molecule has 1 aliphatic heterocycles. The highest BCUT2D eigenvalue weighted by molar-refractivity contribution is 6.00. The zero-order chi connectivity index (χ0) is 23.3. The molecule has 1 unspecified atom stereocenters. The summed E-state index contributed by atoms with van der Waals surface area (Å²) in [4.78, 5) is 51.8. The summed E-state index contributed by atoms with van der Waals surface area (Å²) >= 11 is 0. The minimum absolute atomic E-state index is 0.0399. The Morgan fingerprint density at radius 2 is 1.73 bits per heavy atom. The zero-order valence-electron chi connectivity index (χ0n) is 18.0. The predicted octanol–water partition coefficient (Wildman–Crippen LogP) is 2.99. The Labute approximate surface area is 188 Å². The number of carbonyl (C=O) groups excluding carboxylic acids is 3. The van der Waals surface area contributed by atoms with E-state index in [1.54, 1.807) is 35.9 Å². The minimum atomic E-state index is -0.933.